The van der Waals surface area contributed by atoms with Crippen molar-refractivity contribution in [1.82, 2.24) is 15.8 Å². The quantitative estimate of drug-likeness (QED) is 0.373. The second kappa shape index (κ2) is 10.9. The first-order valence-electron chi connectivity index (χ1n) is 8.18. The minimum Gasteiger partial charge on any atom is -0.379 e. The van der Waals surface area contributed by atoms with Crippen molar-refractivity contribution >= 4 is 29.9 Å². The van der Waals surface area contributed by atoms with E-state index < -0.39 is 0 Å². The van der Waals surface area contributed by atoms with Crippen LogP contribution < -0.4 is 10.6 Å². The van der Waals surface area contributed by atoms with Crippen molar-refractivity contribution in [2.24, 2.45) is 4.99 Å². The summed E-state index contributed by atoms with van der Waals surface area (Å²) in [6.07, 6.45) is 2.07. The van der Waals surface area contributed by atoms with Crippen LogP contribution in [0.4, 0.5) is 0 Å². The van der Waals surface area contributed by atoms with Crippen molar-refractivity contribution in [3.63, 3.8) is 0 Å². The third kappa shape index (κ3) is 6.56. The molecular weight excluding hydrogens is 423 g/mol. The van der Waals surface area contributed by atoms with Crippen LogP contribution in [-0.2, 0) is 15.9 Å². The Labute approximate surface area is 161 Å². The van der Waals surface area contributed by atoms with E-state index in [4.69, 9.17) is 14.0 Å². The van der Waals surface area contributed by atoms with Crippen LogP contribution in [0.15, 0.2) is 9.52 Å². The first-order chi connectivity index (χ1) is 11.1. The highest BCUT2D eigenvalue weighted by atomic mass is 127. The Hall–Kier alpha value is -0.870. The van der Waals surface area contributed by atoms with Crippen LogP contribution in [0.3, 0.4) is 0 Å². The highest BCUT2D eigenvalue weighted by Gasteiger charge is 2.17. The molecule has 138 valence electrons. The number of hydrogen-bond donors (Lipinski definition) is 2. The lowest BCUT2D eigenvalue weighted by atomic mass is 10.1. The molecule has 0 amide bonds. The fourth-order valence-corrected chi connectivity index (χ4v) is 2.56. The molecule has 2 atom stereocenters. The van der Waals surface area contributed by atoms with Crippen molar-refractivity contribution < 1.29 is 14.0 Å². The molecule has 1 aromatic rings. The lowest BCUT2D eigenvalue weighted by Gasteiger charge is -2.19. The van der Waals surface area contributed by atoms with Gasteiger partial charge < -0.3 is 24.6 Å². The number of halogens is 1. The van der Waals surface area contributed by atoms with Crippen LogP contribution in [0.2, 0.25) is 0 Å². The van der Waals surface area contributed by atoms with E-state index in [9.17, 15) is 0 Å². The maximum absolute atomic E-state index is 5.81. The van der Waals surface area contributed by atoms with E-state index in [2.05, 4.69) is 27.7 Å². The summed E-state index contributed by atoms with van der Waals surface area (Å²) in [5.74, 6) is 1.66. The maximum Gasteiger partial charge on any atom is 0.191 e. The van der Waals surface area contributed by atoms with Gasteiger partial charge in [0, 0.05) is 31.8 Å². The van der Waals surface area contributed by atoms with Crippen molar-refractivity contribution in [1.29, 1.82) is 0 Å². The van der Waals surface area contributed by atoms with Gasteiger partial charge in [-0.25, -0.2) is 0 Å². The second-order valence-electron chi connectivity index (χ2n) is 5.92. The zero-order chi connectivity index (χ0) is 16.7. The fourth-order valence-electron chi connectivity index (χ4n) is 2.56. The highest BCUT2D eigenvalue weighted by molar-refractivity contribution is 14.0. The van der Waals surface area contributed by atoms with E-state index in [1.807, 2.05) is 13.8 Å². The van der Waals surface area contributed by atoms with Crippen molar-refractivity contribution in [2.45, 2.75) is 45.8 Å². The van der Waals surface area contributed by atoms with Gasteiger partial charge in [-0.15, -0.1) is 24.0 Å². The summed E-state index contributed by atoms with van der Waals surface area (Å²) >= 11 is 0. The van der Waals surface area contributed by atoms with Crippen LogP contribution in [0.1, 0.15) is 30.4 Å². The first kappa shape index (κ1) is 21.2. The molecule has 1 saturated heterocycles. The molecule has 2 heterocycles. The summed E-state index contributed by atoms with van der Waals surface area (Å²) in [6.45, 7) is 8.90. The number of nitrogens with one attached hydrogen (secondary N) is 2. The van der Waals surface area contributed by atoms with Gasteiger partial charge in [-0.05, 0) is 33.6 Å². The molecule has 1 fully saturated rings. The summed E-state index contributed by atoms with van der Waals surface area (Å²) in [6, 6.07) is 0.181. The average molecular weight is 452 g/mol. The lowest BCUT2D eigenvalue weighted by Crippen LogP contribution is -2.45. The standard InChI is InChI=1S/C16H28N4O3.HI/c1-11(9-22-14-6-8-21-10-14)19-16(17-4)18-7-5-15-12(2)20-23-13(15)3;/h11,14H,5-10H2,1-4H3,(H2,17,18,19);1H. The molecule has 0 aromatic carbocycles. The van der Waals surface area contributed by atoms with Gasteiger partial charge >= 0.3 is 0 Å². The average Bonchev–Trinajstić information content (AvgIpc) is 3.16. The summed E-state index contributed by atoms with van der Waals surface area (Å²) in [7, 11) is 1.77. The molecule has 2 rings (SSSR count). The number of aliphatic imine (C=N–C) groups is 1. The monoisotopic (exact) mass is 452 g/mol. The molecule has 1 aromatic heterocycles. The smallest absolute Gasteiger partial charge is 0.191 e. The molecule has 8 heteroatoms. The van der Waals surface area contributed by atoms with E-state index in [1.165, 1.54) is 0 Å². The van der Waals surface area contributed by atoms with Crippen LogP contribution in [0, 0.1) is 13.8 Å². The maximum atomic E-state index is 5.81. The normalized spacial score (nSPS) is 19.0. The van der Waals surface area contributed by atoms with E-state index in [-0.39, 0.29) is 36.1 Å². The number of aromatic nitrogens is 1. The van der Waals surface area contributed by atoms with Crippen LogP contribution in [-0.4, -0.2) is 56.7 Å². The van der Waals surface area contributed by atoms with Gasteiger partial charge in [-0.2, -0.15) is 0 Å². The van der Waals surface area contributed by atoms with Crippen LogP contribution in [0.5, 0.6) is 0 Å². The highest BCUT2D eigenvalue weighted by Crippen LogP contribution is 2.12. The van der Waals surface area contributed by atoms with Crippen LogP contribution >= 0.6 is 24.0 Å². The SMILES string of the molecule is CN=C(NCCc1c(C)noc1C)NC(C)COC1CCOC1.I. The molecule has 0 spiro atoms. The molecule has 2 unspecified atom stereocenters. The van der Waals surface area contributed by atoms with E-state index >= 15 is 0 Å². The number of ether oxygens (including phenoxy) is 2. The molecule has 24 heavy (non-hydrogen) atoms. The third-order valence-electron chi connectivity index (χ3n) is 3.93. The van der Waals surface area contributed by atoms with Gasteiger partial charge in [-0.1, -0.05) is 5.16 Å². The Morgan fingerprint density at radius 3 is 2.83 bits per heavy atom. The molecule has 0 saturated carbocycles. The predicted octanol–water partition coefficient (Wildman–Crippen LogP) is 1.81. The zero-order valence-corrected chi connectivity index (χ0v) is 17.3. The van der Waals surface area contributed by atoms with Gasteiger partial charge in [0.15, 0.2) is 5.96 Å². The van der Waals surface area contributed by atoms with Gasteiger partial charge in [-0.3, -0.25) is 4.99 Å². The Bertz CT molecular complexity index is 496. The molecule has 0 aliphatic carbocycles. The molecule has 0 bridgehead atoms. The van der Waals surface area contributed by atoms with Crippen molar-refractivity contribution in [3.8, 4) is 0 Å². The molecule has 7 nitrogen and oxygen atoms in total. The fraction of sp³-hybridized carbons (Fsp3) is 0.750. The van der Waals surface area contributed by atoms with E-state index in [0.29, 0.717) is 13.2 Å². The minimum atomic E-state index is 0. The lowest BCUT2D eigenvalue weighted by molar-refractivity contribution is 0.0347. The topological polar surface area (TPSA) is 80.9 Å². The van der Waals surface area contributed by atoms with Gasteiger partial charge in [0.2, 0.25) is 0 Å². The number of hydrogen-bond acceptors (Lipinski definition) is 5. The van der Waals surface area contributed by atoms with Crippen LogP contribution in [0.25, 0.3) is 0 Å². The van der Waals surface area contributed by atoms with Crippen molar-refractivity contribution in [3.05, 3.63) is 17.0 Å². The van der Waals surface area contributed by atoms with E-state index in [1.54, 1.807) is 7.05 Å². The first-order valence-corrected chi connectivity index (χ1v) is 8.18. The summed E-state index contributed by atoms with van der Waals surface area (Å²) in [4.78, 5) is 4.25. The number of guanidine groups is 1. The molecule has 0 radical (unpaired) electrons. The van der Waals surface area contributed by atoms with Gasteiger partial charge in [0.1, 0.15) is 5.76 Å². The van der Waals surface area contributed by atoms with E-state index in [0.717, 1.165) is 49.0 Å². The van der Waals surface area contributed by atoms with Gasteiger partial charge in [0.05, 0.1) is 25.0 Å². The largest absolute Gasteiger partial charge is 0.379 e. The number of rotatable bonds is 7. The van der Waals surface area contributed by atoms with Gasteiger partial charge in [0.25, 0.3) is 0 Å². The number of aryl methyl sites for hydroxylation is 2. The Balaban J connectivity index is 0.00000288. The predicted molar refractivity (Wildman–Crippen MR) is 104 cm³/mol. The zero-order valence-electron chi connectivity index (χ0n) is 14.9. The van der Waals surface area contributed by atoms with Crippen molar-refractivity contribution in [2.75, 3.05) is 33.4 Å². The molecular formula is C16H29IN4O3. The number of nitrogens with zero attached hydrogens (tertiary/aromatic N) is 2. The Kier molecular flexibility index (Phi) is 9.60. The summed E-state index contributed by atoms with van der Waals surface area (Å²) in [5, 5.41) is 10.6. The third-order valence-corrected chi connectivity index (χ3v) is 3.93. The summed E-state index contributed by atoms with van der Waals surface area (Å²) < 4.78 is 16.3. The molecule has 1 aliphatic heterocycles. The Morgan fingerprint density at radius 2 is 2.25 bits per heavy atom. The second-order valence-corrected chi connectivity index (χ2v) is 5.92. The Morgan fingerprint density at radius 1 is 1.46 bits per heavy atom. The molecule has 2 N–H and O–H groups in total. The minimum absolute atomic E-state index is 0. The summed E-state index contributed by atoms with van der Waals surface area (Å²) in [5.41, 5.74) is 2.11. The molecule has 1 aliphatic rings.